The topological polar surface area (TPSA) is 12.9 Å². The highest BCUT2D eigenvalue weighted by Gasteiger charge is 2.04. The lowest BCUT2D eigenvalue weighted by atomic mass is 10.2. The number of fused-ring (bicyclic) bond motifs is 1. The summed E-state index contributed by atoms with van der Waals surface area (Å²) < 4.78 is 26.7. The second-order valence-corrected chi connectivity index (χ2v) is 3.86. The van der Waals surface area contributed by atoms with Crippen LogP contribution in [-0.4, -0.2) is 4.98 Å². The summed E-state index contributed by atoms with van der Waals surface area (Å²) >= 11 is 2.04. The van der Waals surface area contributed by atoms with Gasteiger partial charge in [0.05, 0.1) is 0 Å². The van der Waals surface area contributed by atoms with E-state index in [2.05, 4.69) is 4.98 Å². The molecule has 0 radical (unpaired) electrons. The molecule has 0 saturated heterocycles. The lowest BCUT2D eigenvalue weighted by Gasteiger charge is -1.99. The number of pyridine rings is 1. The molecule has 13 heavy (non-hydrogen) atoms. The number of halogens is 3. The summed E-state index contributed by atoms with van der Waals surface area (Å²) in [6.07, 6.45) is 1.55. The Morgan fingerprint density at radius 3 is 2.69 bits per heavy atom. The lowest BCUT2D eigenvalue weighted by molar-refractivity contribution is 0.590. The first-order chi connectivity index (χ1) is 6.16. The third-order valence-corrected chi connectivity index (χ3v) is 2.26. The predicted octanol–water partition coefficient (Wildman–Crippen LogP) is 3.12. The molecule has 0 amide bonds. The zero-order chi connectivity index (χ0) is 9.42. The van der Waals surface area contributed by atoms with Gasteiger partial charge in [0, 0.05) is 21.2 Å². The molecule has 2 aromatic rings. The van der Waals surface area contributed by atoms with Crippen LogP contribution in [0.25, 0.3) is 10.9 Å². The van der Waals surface area contributed by atoms with E-state index >= 15 is 0 Å². The molecule has 1 nitrogen and oxygen atoms in total. The van der Waals surface area contributed by atoms with Crippen LogP contribution in [0.1, 0.15) is 0 Å². The molecule has 0 aliphatic rings. The van der Waals surface area contributed by atoms with E-state index in [1.165, 1.54) is 6.07 Å². The monoisotopic (exact) mass is 291 g/mol. The Morgan fingerprint density at radius 2 is 1.92 bits per heavy atom. The lowest BCUT2D eigenvalue weighted by Crippen LogP contribution is -1.87. The van der Waals surface area contributed by atoms with Crippen LogP contribution < -0.4 is 0 Å². The smallest absolute Gasteiger partial charge is 0.152 e. The maximum Gasteiger partial charge on any atom is 0.152 e. The fourth-order valence-corrected chi connectivity index (χ4v) is 1.62. The summed E-state index contributed by atoms with van der Waals surface area (Å²) in [4.78, 5) is 3.87. The predicted molar refractivity (Wildman–Crippen MR) is 54.4 cm³/mol. The fourth-order valence-electron chi connectivity index (χ4n) is 1.14. The summed E-state index contributed by atoms with van der Waals surface area (Å²) in [5.74, 6) is -1.19. The van der Waals surface area contributed by atoms with Crippen molar-refractivity contribution in [1.29, 1.82) is 0 Å². The van der Waals surface area contributed by atoms with Gasteiger partial charge in [0.1, 0.15) is 11.3 Å². The van der Waals surface area contributed by atoms with E-state index in [0.29, 0.717) is 5.39 Å². The van der Waals surface area contributed by atoms with Crippen molar-refractivity contribution in [2.45, 2.75) is 0 Å². The van der Waals surface area contributed by atoms with Gasteiger partial charge in [0.25, 0.3) is 0 Å². The Bertz CT molecular complexity index is 465. The molecule has 66 valence electrons. The molecule has 1 aromatic carbocycles. The first kappa shape index (κ1) is 8.80. The quantitative estimate of drug-likeness (QED) is 0.680. The second-order valence-electron chi connectivity index (χ2n) is 2.61. The van der Waals surface area contributed by atoms with Gasteiger partial charge in [-0.3, -0.25) is 4.98 Å². The molecule has 0 aliphatic heterocycles. The summed E-state index contributed by atoms with van der Waals surface area (Å²) in [6, 6.07) is 3.80. The molecule has 2 rings (SSSR count). The molecule has 1 aromatic heterocycles. The normalized spacial score (nSPS) is 10.7. The van der Waals surface area contributed by atoms with Gasteiger partial charge in [-0.05, 0) is 34.7 Å². The molecule has 0 bridgehead atoms. The molecule has 4 heteroatoms. The molecule has 1 heterocycles. The minimum Gasteiger partial charge on any atom is -0.252 e. The first-order valence-corrected chi connectivity index (χ1v) is 4.65. The Kier molecular flexibility index (Phi) is 2.15. The highest BCUT2D eigenvalue weighted by Crippen LogP contribution is 2.19. The molecule has 0 aliphatic carbocycles. The summed E-state index contributed by atoms with van der Waals surface area (Å²) in [5, 5.41) is 0.490. The summed E-state index contributed by atoms with van der Waals surface area (Å²) in [5.41, 5.74) is 0.210. The van der Waals surface area contributed by atoms with Gasteiger partial charge < -0.3 is 0 Å². The Hall–Kier alpha value is -0.780. The van der Waals surface area contributed by atoms with Crippen molar-refractivity contribution in [2.75, 3.05) is 0 Å². The standard InChI is InChI=1S/C9H4F2IN/c10-6-1-5-2-7(12)4-13-9(5)8(11)3-6/h1-4H. The van der Waals surface area contributed by atoms with E-state index in [1.807, 2.05) is 22.6 Å². The van der Waals surface area contributed by atoms with Crippen molar-refractivity contribution in [3.63, 3.8) is 0 Å². The first-order valence-electron chi connectivity index (χ1n) is 3.57. The van der Waals surface area contributed by atoms with Crippen LogP contribution in [0.15, 0.2) is 24.4 Å². The van der Waals surface area contributed by atoms with Crippen molar-refractivity contribution in [2.24, 2.45) is 0 Å². The highest BCUT2D eigenvalue weighted by molar-refractivity contribution is 14.1. The van der Waals surface area contributed by atoms with Crippen LogP contribution in [-0.2, 0) is 0 Å². The van der Waals surface area contributed by atoms with E-state index in [1.54, 1.807) is 12.3 Å². The Morgan fingerprint density at radius 1 is 1.15 bits per heavy atom. The number of hydrogen-bond donors (Lipinski definition) is 0. The summed E-state index contributed by atoms with van der Waals surface area (Å²) in [6.45, 7) is 0. The van der Waals surface area contributed by atoms with Crippen LogP contribution >= 0.6 is 22.6 Å². The van der Waals surface area contributed by atoms with Gasteiger partial charge in [-0.2, -0.15) is 0 Å². The molecule has 0 unspecified atom stereocenters. The third kappa shape index (κ3) is 1.63. The van der Waals surface area contributed by atoms with Crippen LogP contribution in [0, 0.1) is 15.2 Å². The zero-order valence-electron chi connectivity index (χ0n) is 6.39. The summed E-state index contributed by atoms with van der Waals surface area (Å²) in [7, 11) is 0. The number of aromatic nitrogens is 1. The Labute approximate surface area is 86.9 Å². The minimum absolute atomic E-state index is 0.210. The van der Waals surface area contributed by atoms with Gasteiger partial charge in [0.15, 0.2) is 5.82 Å². The average Bonchev–Trinajstić information content (AvgIpc) is 2.02. The minimum atomic E-state index is -0.619. The van der Waals surface area contributed by atoms with E-state index < -0.39 is 11.6 Å². The van der Waals surface area contributed by atoms with Crippen molar-refractivity contribution >= 4 is 33.5 Å². The maximum atomic E-state index is 13.1. The van der Waals surface area contributed by atoms with Gasteiger partial charge >= 0.3 is 0 Å². The SMILES string of the molecule is Fc1cc(F)c2ncc(I)cc2c1. The molecular weight excluding hydrogens is 287 g/mol. The van der Waals surface area contributed by atoms with Crippen molar-refractivity contribution in [1.82, 2.24) is 4.98 Å². The van der Waals surface area contributed by atoms with Crippen molar-refractivity contribution in [3.05, 3.63) is 39.6 Å². The molecule has 0 N–H and O–H groups in total. The van der Waals surface area contributed by atoms with E-state index in [-0.39, 0.29) is 5.52 Å². The largest absolute Gasteiger partial charge is 0.252 e. The molecule has 0 fully saturated rings. The Balaban J connectivity index is 2.86. The molecule has 0 saturated carbocycles. The fraction of sp³-hybridized carbons (Fsp3) is 0. The van der Waals surface area contributed by atoms with Crippen LogP contribution in [0.2, 0.25) is 0 Å². The van der Waals surface area contributed by atoms with Gasteiger partial charge in [0.2, 0.25) is 0 Å². The number of nitrogens with zero attached hydrogens (tertiary/aromatic N) is 1. The van der Waals surface area contributed by atoms with Crippen LogP contribution in [0.4, 0.5) is 8.78 Å². The maximum absolute atomic E-state index is 13.1. The average molecular weight is 291 g/mol. The molecule has 0 atom stereocenters. The number of rotatable bonds is 0. The zero-order valence-corrected chi connectivity index (χ0v) is 8.55. The van der Waals surface area contributed by atoms with Crippen molar-refractivity contribution in [3.8, 4) is 0 Å². The molecular formula is C9H4F2IN. The van der Waals surface area contributed by atoms with E-state index in [4.69, 9.17) is 0 Å². The number of benzene rings is 1. The highest BCUT2D eigenvalue weighted by atomic mass is 127. The van der Waals surface area contributed by atoms with E-state index in [9.17, 15) is 8.78 Å². The van der Waals surface area contributed by atoms with E-state index in [0.717, 1.165) is 9.64 Å². The van der Waals surface area contributed by atoms with Gasteiger partial charge in [-0.1, -0.05) is 0 Å². The second kappa shape index (κ2) is 3.17. The molecule has 0 spiro atoms. The van der Waals surface area contributed by atoms with Gasteiger partial charge in [-0.15, -0.1) is 0 Å². The van der Waals surface area contributed by atoms with Crippen LogP contribution in [0.5, 0.6) is 0 Å². The van der Waals surface area contributed by atoms with Crippen LogP contribution in [0.3, 0.4) is 0 Å². The van der Waals surface area contributed by atoms with Gasteiger partial charge in [-0.25, -0.2) is 8.78 Å². The number of hydrogen-bond acceptors (Lipinski definition) is 1. The third-order valence-electron chi connectivity index (χ3n) is 1.67. The van der Waals surface area contributed by atoms with Crippen molar-refractivity contribution < 1.29 is 8.78 Å².